The third kappa shape index (κ3) is 8.99. The van der Waals surface area contributed by atoms with Gasteiger partial charge in [-0.15, -0.1) is 0 Å². The standard InChI is InChI=1S/C10H14O6/c1-13-5-7-15-9(11)3-4-10(12)16-8-6-14-2/h5-8H2,1-2H3. The number of methoxy groups -OCH3 is 2. The van der Waals surface area contributed by atoms with Crippen LogP contribution in [0.5, 0.6) is 0 Å². The molecule has 0 aliphatic heterocycles. The Kier molecular flexibility index (Phi) is 8.97. The largest absolute Gasteiger partial charge is 0.454 e. The highest BCUT2D eigenvalue weighted by molar-refractivity contribution is 5.98. The lowest BCUT2D eigenvalue weighted by atomic mass is 10.5. The van der Waals surface area contributed by atoms with Gasteiger partial charge in [0.25, 0.3) is 0 Å². The summed E-state index contributed by atoms with van der Waals surface area (Å²) in [4.78, 5) is 21.7. The van der Waals surface area contributed by atoms with Gasteiger partial charge in [0, 0.05) is 26.1 Å². The van der Waals surface area contributed by atoms with Crippen molar-refractivity contribution in [3.05, 3.63) is 0 Å². The summed E-state index contributed by atoms with van der Waals surface area (Å²) >= 11 is 0. The second kappa shape index (κ2) is 9.96. The van der Waals surface area contributed by atoms with Crippen molar-refractivity contribution >= 4 is 11.9 Å². The zero-order valence-corrected chi connectivity index (χ0v) is 9.28. The molecule has 0 atom stereocenters. The van der Waals surface area contributed by atoms with Crippen LogP contribution < -0.4 is 0 Å². The van der Waals surface area contributed by atoms with E-state index in [4.69, 9.17) is 0 Å². The summed E-state index contributed by atoms with van der Waals surface area (Å²) in [6.45, 7) is 0.767. The highest BCUT2D eigenvalue weighted by Gasteiger charge is 1.99. The molecule has 0 aliphatic carbocycles. The smallest absolute Gasteiger partial charge is 0.385 e. The van der Waals surface area contributed by atoms with Crippen molar-refractivity contribution in [2.75, 3.05) is 40.6 Å². The Bertz CT molecular complexity index is 249. The van der Waals surface area contributed by atoms with E-state index in [0.717, 1.165) is 0 Å². The third-order valence-electron chi connectivity index (χ3n) is 1.31. The maximum absolute atomic E-state index is 10.9. The lowest BCUT2D eigenvalue weighted by Crippen LogP contribution is -2.10. The molecule has 0 radical (unpaired) electrons. The van der Waals surface area contributed by atoms with Crippen molar-refractivity contribution in [2.45, 2.75) is 0 Å². The molecule has 6 nitrogen and oxygen atoms in total. The van der Waals surface area contributed by atoms with Crippen LogP contribution in [-0.4, -0.2) is 52.6 Å². The summed E-state index contributed by atoms with van der Waals surface area (Å²) in [5.41, 5.74) is 0. The SMILES string of the molecule is COCCOC(=O)C#CC(=O)OCCOC. The summed E-state index contributed by atoms with van der Waals surface area (Å²) in [6.07, 6.45) is 0. The van der Waals surface area contributed by atoms with E-state index in [1.54, 1.807) is 0 Å². The van der Waals surface area contributed by atoms with E-state index in [0.29, 0.717) is 0 Å². The van der Waals surface area contributed by atoms with Gasteiger partial charge in [0.2, 0.25) is 0 Å². The predicted octanol–water partition coefficient (Wildman–Crippen LogP) is -0.631. The fourth-order valence-corrected chi connectivity index (χ4v) is 0.610. The van der Waals surface area contributed by atoms with Gasteiger partial charge in [-0.2, -0.15) is 0 Å². The van der Waals surface area contributed by atoms with Crippen molar-refractivity contribution in [1.29, 1.82) is 0 Å². The molecular weight excluding hydrogens is 216 g/mol. The van der Waals surface area contributed by atoms with E-state index in [1.807, 2.05) is 11.8 Å². The van der Waals surface area contributed by atoms with E-state index < -0.39 is 11.9 Å². The molecule has 0 aromatic heterocycles. The second-order valence-corrected chi connectivity index (χ2v) is 2.51. The third-order valence-corrected chi connectivity index (χ3v) is 1.31. The zero-order valence-electron chi connectivity index (χ0n) is 9.28. The molecule has 0 aromatic rings. The van der Waals surface area contributed by atoms with Crippen molar-refractivity contribution in [3.8, 4) is 11.8 Å². The van der Waals surface area contributed by atoms with Crippen molar-refractivity contribution in [3.63, 3.8) is 0 Å². The summed E-state index contributed by atoms with van der Waals surface area (Å²) in [5, 5.41) is 0. The maximum Gasteiger partial charge on any atom is 0.385 e. The lowest BCUT2D eigenvalue weighted by molar-refractivity contribution is -0.140. The number of rotatable bonds is 6. The minimum atomic E-state index is -0.791. The fourth-order valence-electron chi connectivity index (χ4n) is 0.610. The van der Waals surface area contributed by atoms with Gasteiger partial charge in [0.05, 0.1) is 13.2 Å². The topological polar surface area (TPSA) is 71.1 Å². The summed E-state index contributed by atoms with van der Waals surface area (Å²) in [5.74, 6) is 2.39. The van der Waals surface area contributed by atoms with Gasteiger partial charge in [0.15, 0.2) is 0 Å². The average molecular weight is 230 g/mol. The van der Waals surface area contributed by atoms with Gasteiger partial charge in [-0.05, 0) is 0 Å². The van der Waals surface area contributed by atoms with Crippen molar-refractivity contribution in [2.24, 2.45) is 0 Å². The molecule has 0 unspecified atom stereocenters. The number of carbonyl (C=O) groups is 2. The van der Waals surface area contributed by atoms with Crippen LogP contribution in [0.15, 0.2) is 0 Å². The zero-order chi connectivity index (χ0) is 12.2. The first-order valence-corrected chi connectivity index (χ1v) is 4.54. The number of hydrogen-bond acceptors (Lipinski definition) is 6. The van der Waals surface area contributed by atoms with E-state index in [2.05, 4.69) is 18.9 Å². The van der Waals surface area contributed by atoms with Crippen LogP contribution >= 0.6 is 0 Å². The van der Waals surface area contributed by atoms with Crippen molar-refractivity contribution < 1.29 is 28.5 Å². The minimum absolute atomic E-state index is 0.0999. The Balaban J connectivity index is 3.71. The molecule has 0 N–H and O–H groups in total. The van der Waals surface area contributed by atoms with E-state index in [1.165, 1.54) is 14.2 Å². The van der Waals surface area contributed by atoms with Crippen LogP contribution in [0.3, 0.4) is 0 Å². The minimum Gasteiger partial charge on any atom is -0.454 e. The summed E-state index contributed by atoms with van der Waals surface area (Å²) in [7, 11) is 2.96. The molecule has 0 amide bonds. The molecule has 0 aliphatic rings. The molecular formula is C10H14O6. The molecule has 0 bridgehead atoms. The van der Waals surface area contributed by atoms with E-state index in [9.17, 15) is 9.59 Å². The van der Waals surface area contributed by atoms with Gasteiger partial charge in [-0.1, -0.05) is 0 Å². The molecule has 0 saturated heterocycles. The first-order chi connectivity index (χ1) is 7.70. The van der Waals surface area contributed by atoms with Gasteiger partial charge < -0.3 is 18.9 Å². The van der Waals surface area contributed by atoms with E-state index in [-0.39, 0.29) is 26.4 Å². The Morgan fingerprint density at radius 1 is 0.812 bits per heavy atom. The molecule has 90 valence electrons. The summed E-state index contributed by atoms with van der Waals surface area (Å²) in [6, 6.07) is 0. The molecule has 6 heteroatoms. The first kappa shape index (κ1) is 14.4. The highest BCUT2D eigenvalue weighted by Crippen LogP contribution is 1.80. The van der Waals surface area contributed by atoms with Crippen LogP contribution in [0, 0.1) is 11.8 Å². The van der Waals surface area contributed by atoms with Crippen LogP contribution in [0.4, 0.5) is 0 Å². The number of ether oxygens (including phenoxy) is 4. The fraction of sp³-hybridized carbons (Fsp3) is 0.600. The number of hydrogen-bond donors (Lipinski definition) is 0. The Labute approximate surface area is 93.8 Å². The lowest BCUT2D eigenvalue weighted by Gasteiger charge is -1.98. The number of carbonyl (C=O) groups excluding carboxylic acids is 2. The molecule has 0 fully saturated rings. The van der Waals surface area contributed by atoms with Gasteiger partial charge in [-0.25, -0.2) is 9.59 Å². The molecule has 0 aromatic carbocycles. The molecule has 0 spiro atoms. The Morgan fingerprint density at radius 2 is 1.19 bits per heavy atom. The van der Waals surface area contributed by atoms with Gasteiger partial charge >= 0.3 is 11.9 Å². The predicted molar refractivity (Wildman–Crippen MR) is 53.4 cm³/mol. The molecule has 0 saturated carbocycles. The van der Waals surface area contributed by atoms with Crippen LogP contribution in [-0.2, 0) is 28.5 Å². The first-order valence-electron chi connectivity index (χ1n) is 4.54. The molecule has 0 heterocycles. The van der Waals surface area contributed by atoms with Gasteiger partial charge in [-0.3, -0.25) is 0 Å². The Morgan fingerprint density at radius 3 is 1.50 bits per heavy atom. The van der Waals surface area contributed by atoms with E-state index >= 15 is 0 Å². The quantitative estimate of drug-likeness (QED) is 0.262. The normalized spacial score (nSPS) is 8.88. The monoisotopic (exact) mass is 230 g/mol. The highest BCUT2D eigenvalue weighted by atomic mass is 16.6. The molecule has 0 rings (SSSR count). The Hall–Kier alpha value is -1.58. The van der Waals surface area contributed by atoms with Gasteiger partial charge in [0.1, 0.15) is 13.2 Å². The maximum atomic E-state index is 10.9. The van der Waals surface area contributed by atoms with Crippen LogP contribution in [0.1, 0.15) is 0 Å². The second-order valence-electron chi connectivity index (χ2n) is 2.51. The number of esters is 2. The van der Waals surface area contributed by atoms with Crippen molar-refractivity contribution in [1.82, 2.24) is 0 Å². The summed E-state index contributed by atoms with van der Waals surface area (Å²) < 4.78 is 18.5. The molecule has 16 heavy (non-hydrogen) atoms. The van der Waals surface area contributed by atoms with Crippen LogP contribution in [0.2, 0.25) is 0 Å². The van der Waals surface area contributed by atoms with Crippen LogP contribution in [0.25, 0.3) is 0 Å². The average Bonchev–Trinajstić information content (AvgIpc) is 2.27.